The topological polar surface area (TPSA) is 94.5 Å². The molecule has 3 rings (SSSR count). The summed E-state index contributed by atoms with van der Waals surface area (Å²) in [6.45, 7) is 1.53. The maximum absolute atomic E-state index is 12.2. The highest BCUT2D eigenvalue weighted by atomic mass is 19.4. The van der Waals surface area contributed by atoms with Crippen LogP contribution in [0, 0.1) is 11.3 Å². The summed E-state index contributed by atoms with van der Waals surface area (Å²) in [5.74, 6) is -2.90. The van der Waals surface area contributed by atoms with Crippen molar-refractivity contribution < 1.29 is 27.6 Å². The molecule has 0 saturated heterocycles. The summed E-state index contributed by atoms with van der Waals surface area (Å²) in [6, 6.07) is 5.84. The van der Waals surface area contributed by atoms with Crippen molar-refractivity contribution >= 4 is 23.6 Å². The van der Waals surface area contributed by atoms with E-state index in [1.165, 1.54) is 28.4 Å². The summed E-state index contributed by atoms with van der Waals surface area (Å²) in [5, 5.41) is 11.7. The lowest BCUT2D eigenvalue weighted by Gasteiger charge is -2.37. The summed E-state index contributed by atoms with van der Waals surface area (Å²) in [4.78, 5) is 29.6. The lowest BCUT2D eigenvalue weighted by molar-refractivity contribution is -0.185. The Balaban J connectivity index is 1.60. The van der Waals surface area contributed by atoms with Gasteiger partial charge in [-0.15, -0.1) is 0 Å². The van der Waals surface area contributed by atoms with Crippen LogP contribution >= 0.6 is 0 Å². The van der Waals surface area contributed by atoms with Gasteiger partial charge in [-0.05, 0) is 60.6 Å². The molecule has 0 fully saturated rings. The Labute approximate surface area is 171 Å². The second-order valence-electron chi connectivity index (χ2n) is 7.09. The average molecular weight is 422 g/mol. The van der Waals surface area contributed by atoms with Gasteiger partial charge in [0.15, 0.2) is 0 Å². The van der Waals surface area contributed by atoms with Crippen LogP contribution in [-0.2, 0) is 27.3 Å². The van der Waals surface area contributed by atoms with Crippen molar-refractivity contribution in [3.8, 4) is 6.07 Å². The molecule has 2 aliphatic rings. The number of benzene rings is 1. The predicted molar refractivity (Wildman–Crippen MR) is 102 cm³/mol. The molecular weight excluding hydrogens is 401 g/mol. The molecule has 30 heavy (non-hydrogen) atoms. The van der Waals surface area contributed by atoms with Gasteiger partial charge in [0.1, 0.15) is 11.6 Å². The molecule has 2 aliphatic heterocycles. The molecule has 160 valence electrons. The van der Waals surface area contributed by atoms with Crippen molar-refractivity contribution in [3.05, 3.63) is 34.4 Å². The van der Waals surface area contributed by atoms with E-state index in [-0.39, 0.29) is 18.7 Å². The number of alkyl halides is 3. The van der Waals surface area contributed by atoms with Crippen LogP contribution < -0.4 is 15.7 Å². The maximum atomic E-state index is 12.2. The van der Waals surface area contributed by atoms with Crippen molar-refractivity contribution in [1.82, 2.24) is 10.8 Å². The number of rotatable bonds is 6. The van der Waals surface area contributed by atoms with E-state index in [4.69, 9.17) is 0 Å². The fraction of sp³-hybridized carbons (Fsp3) is 0.450. The number of hydroxylamine groups is 1. The number of halogens is 3. The molecule has 0 atom stereocenters. The van der Waals surface area contributed by atoms with E-state index in [1.807, 2.05) is 18.2 Å². The van der Waals surface area contributed by atoms with E-state index >= 15 is 0 Å². The summed E-state index contributed by atoms with van der Waals surface area (Å²) in [7, 11) is 0. The minimum atomic E-state index is -5.05. The number of anilines is 1. The van der Waals surface area contributed by atoms with Crippen molar-refractivity contribution in [2.24, 2.45) is 0 Å². The van der Waals surface area contributed by atoms with Gasteiger partial charge in [-0.2, -0.15) is 18.4 Å². The molecule has 0 radical (unpaired) electrons. The van der Waals surface area contributed by atoms with Gasteiger partial charge in [0.25, 0.3) is 5.91 Å². The number of hydrogen-bond donors (Lipinski definition) is 2. The van der Waals surface area contributed by atoms with Crippen molar-refractivity contribution in [1.29, 1.82) is 5.26 Å². The molecule has 2 heterocycles. The minimum absolute atomic E-state index is 0.120. The standard InChI is InChI=1S/C20H21F3N4O3/c21-20(22,23)19(29)26-30-8-5-25-18(28)16(12-24)11-13-9-14-3-1-6-27-7-2-4-15(10-13)17(14)27/h9-11H,1-8H2,(H,25,28)(H,26,29)/b16-11+. The molecule has 2 N–H and O–H groups in total. The van der Waals surface area contributed by atoms with E-state index in [2.05, 4.69) is 15.1 Å². The fourth-order valence-electron chi connectivity index (χ4n) is 3.71. The number of nitrogens with zero attached hydrogens (tertiary/aromatic N) is 2. The van der Waals surface area contributed by atoms with Crippen LogP contribution in [0.15, 0.2) is 17.7 Å². The van der Waals surface area contributed by atoms with Gasteiger partial charge in [-0.1, -0.05) is 0 Å². The summed E-state index contributed by atoms with van der Waals surface area (Å²) in [5.41, 5.74) is 5.60. The number of amides is 2. The van der Waals surface area contributed by atoms with Gasteiger partial charge in [-0.3, -0.25) is 14.4 Å². The zero-order chi connectivity index (χ0) is 21.7. The van der Waals surface area contributed by atoms with Crippen molar-refractivity contribution in [2.75, 3.05) is 31.1 Å². The van der Waals surface area contributed by atoms with E-state index in [0.29, 0.717) is 0 Å². The van der Waals surface area contributed by atoms with Crippen LogP contribution in [0.1, 0.15) is 29.5 Å². The normalized spacial score (nSPS) is 15.8. The third kappa shape index (κ3) is 5.10. The molecule has 0 aromatic heterocycles. The number of carbonyl (C=O) groups excluding carboxylic acids is 2. The fourth-order valence-corrected chi connectivity index (χ4v) is 3.71. The highest BCUT2D eigenvalue weighted by molar-refractivity contribution is 6.01. The Morgan fingerprint density at radius 1 is 1.20 bits per heavy atom. The molecule has 0 bridgehead atoms. The van der Waals surface area contributed by atoms with Gasteiger partial charge < -0.3 is 10.2 Å². The molecule has 0 saturated carbocycles. The molecular formula is C20H21F3N4O3. The summed E-state index contributed by atoms with van der Waals surface area (Å²) >= 11 is 0. The lowest BCUT2D eigenvalue weighted by Crippen LogP contribution is -2.38. The second-order valence-corrected chi connectivity index (χ2v) is 7.09. The first-order valence-electron chi connectivity index (χ1n) is 9.59. The molecule has 1 aromatic carbocycles. The molecule has 0 unspecified atom stereocenters. The number of hydrogen-bond acceptors (Lipinski definition) is 5. The van der Waals surface area contributed by atoms with Crippen LogP contribution in [0.3, 0.4) is 0 Å². The van der Waals surface area contributed by atoms with Gasteiger partial charge in [0.2, 0.25) is 0 Å². The Hall–Kier alpha value is -3.06. The largest absolute Gasteiger partial charge is 0.473 e. The number of carbonyl (C=O) groups is 2. The third-order valence-electron chi connectivity index (χ3n) is 4.94. The Morgan fingerprint density at radius 3 is 2.40 bits per heavy atom. The second kappa shape index (κ2) is 9.17. The Kier molecular flexibility index (Phi) is 6.62. The van der Waals surface area contributed by atoms with Crippen LogP contribution in [0.25, 0.3) is 6.08 Å². The van der Waals surface area contributed by atoms with Crippen molar-refractivity contribution in [3.63, 3.8) is 0 Å². The van der Waals surface area contributed by atoms with Crippen LogP contribution in [0.4, 0.5) is 18.9 Å². The van der Waals surface area contributed by atoms with Crippen molar-refractivity contribution in [2.45, 2.75) is 31.9 Å². The van der Waals surface area contributed by atoms with Gasteiger partial charge in [-0.25, -0.2) is 5.48 Å². The minimum Gasteiger partial charge on any atom is -0.371 e. The van der Waals surface area contributed by atoms with E-state index in [0.717, 1.165) is 44.3 Å². The number of nitriles is 1. The van der Waals surface area contributed by atoms with Crippen LogP contribution in [-0.4, -0.2) is 44.2 Å². The third-order valence-corrected chi connectivity index (χ3v) is 4.94. The van der Waals surface area contributed by atoms with E-state index in [9.17, 15) is 28.0 Å². The molecule has 0 aliphatic carbocycles. The van der Waals surface area contributed by atoms with Gasteiger partial charge in [0.05, 0.1) is 6.61 Å². The smallest absolute Gasteiger partial charge is 0.371 e. The first-order valence-corrected chi connectivity index (χ1v) is 9.59. The van der Waals surface area contributed by atoms with E-state index < -0.39 is 18.0 Å². The quantitative estimate of drug-likeness (QED) is 0.317. The highest BCUT2D eigenvalue weighted by Crippen LogP contribution is 2.36. The number of nitrogens with one attached hydrogen (secondary N) is 2. The van der Waals surface area contributed by atoms with Gasteiger partial charge >= 0.3 is 12.1 Å². The zero-order valence-electron chi connectivity index (χ0n) is 16.1. The van der Waals surface area contributed by atoms with Gasteiger partial charge in [0, 0.05) is 25.3 Å². The highest BCUT2D eigenvalue weighted by Gasteiger charge is 2.39. The summed E-state index contributed by atoms with van der Waals surface area (Å²) in [6.07, 6.45) is 0.495. The molecule has 1 aromatic rings. The number of aryl methyl sites for hydroxylation is 2. The molecule has 2 amide bonds. The van der Waals surface area contributed by atoms with E-state index in [1.54, 1.807) is 0 Å². The average Bonchev–Trinajstić information content (AvgIpc) is 2.71. The Morgan fingerprint density at radius 2 is 1.83 bits per heavy atom. The van der Waals surface area contributed by atoms with Crippen LogP contribution in [0.5, 0.6) is 0 Å². The SMILES string of the molecule is N#C/C(=C\c1cc2c3c(c1)CCCN3CCC2)C(=O)NCCONC(=O)C(F)(F)F. The lowest BCUT2D eigenvalue weighted by atomic mass is 9.89. The summed E-state index contributed by atoms with van der Waals surface area (Å²) < 4.78 is 36.1. The monoisotopic (exact) mass is 422 g/mol. The predicted octanol–water partition coefficient (Wildman–Crippen LogP) is 2.02. The molecule has 10 heteroatoms. The first-order chi connectivity index (χ1) is 14.3. The first kappa shape index (κ1) is 21.6. The van der Waals surface area contributed by atoms with Crippen LogP contribution in [0.2, 0.25) is 0 Å². The zero-order valence-corrected chi connectivity index (χ0v) is 16.1. The maximum Gasteiger partial charge on any atom is 0.473 e. The Bertz CT molecular complexity index is 875. The molecule has 0 spiro atoms. The molecule has 7 nitrogen and oxygen atoms in total.